The number of hydrogen-bond donors (Lipinski definition) is 6. The van der Waals surface area contributed by atoms with Crippen molar-refractivity contribution in [2.75, 3.05) is 13.7 Å². The van der Waals surface area contributed by atoms with Gasteiger partial charge >= 0.3 is 0 Å². The fourth-order valence-corrected chi connectivity index (χ4v) is 5.22. The predicted molar refractivity (Wildman–Crippen MR) is 168 cm³/mol. The standard InChI is InChI=1S/C34H48N2O8/c1-18(2)23-16-25(43-8)24(30-29(40)28(39)27(38)26(17-37)44-30)15-22(23)14-21-10-9-20(13-19(21)3)11-12-33(4,5)32(42)36-34(6,7)31(35)41/h9-13,15-16,18,26-30,37-40H,14,17H2,1-8H3,(H2,35,41)(H,36,42)/t26-,27-,28+,29-,30+/m1/s1. The van der Waals surface area contributed by atoms with E-state index in [9.17, 15) is 30.0 Å². The Labute approximate surface area is 259 Å². The van der Waals surface area contributed by atoms with Crippen molar-refractivity contribution in [2.24, 2.45) is 11.1 Å². The molecule has 0 unspecified atom stereocenters. The number of nitrogens with two attached hydrogens (primary N) is 1. The van der Waals surface area contributed by atoms with Crippen molar-refractivity contribution in [3.8, 4) is 5.75 Å². The number of carbonyl (C=O) groups excluding carboxylic acids is 2. The Bertz CT molecular complexity index is 1380. The molecule has 0 radical (unpaired) electrons. The number of aliphatic hydroxyl groups is 4. The van der Waals surface area contributed by atoms with Crippen LogP contribution in [-0.2, 0) is 20.7 Å². The van der Waals surface area contributed by atoms with Crippen molar-refractivity contribution in [3.63, 3.8) is 0 Å². The van der Waals surface area contributed by atoms with Gasteiger partial charge in [0.15, 0.2) is 0 Å². The highest BCUT2D eigenvalue weighted by molar-refractivity contribution is 5.92. The molecule has 44 heavy (non-hydrogen) atoms. The maximum absolute atomic E-state index is 12.9. The van der Waals surface area contributed by atoms with Gasteiger partial charge in [0.05, 0.1) is 19.1 Å². The van der Waals surface area contributed by atoms with Gasteiger partial charge < -0.3 is 41.0 Å². The molecule has 2 aromatic carbocycles. The number of aliphatic hydroxyl groups excluding tert-OH is 4. The van der Waals surface area contributed by atoms with Crippen molar-refractivity contribution in [2.45, 2.75) is 96.9 Å². The lowest BCUT2D eigenvalue weighted by atomic mass is 9.85. The van der Waals surface area contributed by atoms with Gasteiger partial charge in [0.25, 0.3) is 0 Å². The molecule has 3 rings (SSSR count). The van der Waals surface area contributed by atoms with Gasteiger partial charge in [-0.05, 0) is 86.9 Å². The second-order valence-corrected chi connectivity index (χ2v) is 13.1. The van der Waals surface area contributed by atoms with E-state index in [1.807, 2.05) is 43.3 Å². The number of benzene rings is 2. The minimum atomic E-state index is -1.50. The predicted octanol–water partition coefficient (Wildman–Crippen LogP) is 2.65. The van der Waals surface area contributed by atoms with Crippen LogP contribution < -0.4 is 15.8 Å². The lowest BCUT2D eigenvalue weighted by molar-refractivity contribution is -0.232. The largest absolute Gasteiger partial charge is 0.496 e. The summed E-state index contributed by atoms with van der Waals surface area (Å²) >= 11 is 0. The molecule has 1 heterocycles. The maximum Gasteiger partial charge on any atom is 0.242 e. The number of carbonyl (C=O) groups is 2. The highest BCUT2D eigenvalue weighted by Crippen LogP contribution is 2.40. The molecule has 0 bridgehead atoms. The number of amides is 2. The SMILES string of the molecule is COc1cc(C(C)C)c(Cc2ccc(C=CC(C)(C)C(=O)NC(C)(C)C(N)=O)cc2C)cc1[C@@H]1O[C@H](CO)[C@@H](O)[C@H](O)[C@H]1O. The molecular formula is C34H48N2O8. The van der Waals surface area contributed by atoms with Gasteiger partial charge in [0.2, 0.25) is 11.8 Å². The van der Waals surface area contributed by atoms with E-state index in [2.05, 4.69) is 19.2 Å². The average molecular weight is 613 g/mol. The van der Waals surface area contributed by atoms with E-state index in [1.54, 1.807) is 33.8 Å². The molecule has 10 heteroatoms. The number of methoxy groups -OCH3 is 1. The summed E-state index contributed by atoms with van der Waals surface area (Å²) in [5.41, 5.74) is 8.89. The summed E-state index contributed by atoms with van der Waals surface area (Å²) in [5, 5.41) is 43.9. The Morgan fingerprint density at radius 1 is 1.05 bits per heavy atom. The van der Waals surface area contributed by atoms with Crippen LogP contribution in [0, 0.1) is 12.3 Å². The smallest absolute Gasteiger partial charge is 0.242 e. The highest BCUT2D eigenvalue weighted by atomic mass is 16.5. The fourth-order valence-electron chi connectivity index (χ4n) is 5.22. The van der Waals surface area contributed by atoms with Crippen molar-refractivity contribution in [1.82, 2.24) is 5.32 Å². The highest BCUT2D eigenvalue weighted by Gasteiger charge is 2.45. The first-order valence-corrected chi connectivity index (χ1v) is 14.9. The molecular weight excluding hydrogens is 564 g/mol. The van der Waals surface area contributed by atoms with Gasteiger partial charge in [-0.25, -0.2) is 0 Å². The van der Waals surface area contributed by atoms with Crippen LogP contribution in [0.5, 0.6) is 5.75 Å². The summed E-state index contributed by atoms with van der Waals surface area (Å²) in [7, 11) is 1.52. The number of hydrogen-bond acceptors (Lipinski definition) is 8. The van der Waals surface area contributed by atoms with E-state index in [1.165, 1.54) is 7.11 Å². The van der Waals surface area contributed by atoms with Gasteiger partial charge in [-0.15, -0.1) is 0 Å². The third-order valence-corrected chi connectivity index (χ3v) is 8.38. The lowest BCUT2D eigenvalue weighted by Crippen LogP contribution is -2.55. The zero-order chi connectivity index (χ0) is 33.1. The second-order valence-electron chi connectivity index (χ2n) is 13.1. The molecule has 2 amide bonds. The Morgan fingerprint density at radius 3 is 2.25 bits per heavy atom. The summed E-state index contributed by atoms with van der Waals surface area (Å²) in [5.74, 6) is -0.306. The quantitative estimate of drug-likeness (QED) is 0.225. The topological polar surface area (TPSA) is 172 Å². The third kappa shape index (κ3) is 7.68. The van der Waals surface area contributed by atoms with Crippen LogP contribution >= 0.6 is 0 Å². The molecule has 1 saturated heterocycles. The number of rotatable bonds is 11. The molecule has 10 nitrogen and oxygen atoms in total. The van der Waals surface area contributed by atoms with Crippen molar-refractivity contribution < 1.29 is 39.5 Å². The maximum atomic E-state index is 12.9. The molecule has 0 spiro atoms. The number of aryl methyl sites for hydroxylation is 1. The zero-order valence-corrected chi connectivity index (χ0v) is 26.9. The Hall–Kier alpha value is -3.28. The Kier molecular flexibility index (Phi) is 11.0. The Balaban J connectivity index is 1.92. The second kappa shape index (κ2) is 13.8. The van der Waals surface area contributed by atoms with Crippen LogP contribution in [0.4, 0.5) is 0 Å². The minimum Gasteiger partial charge on any atom is -0.496 e. The van der Waals surface area contributed by atoms with E-state index >= 15 is 0 Å². The van der Waals surface area contributed by atoms with E-state index in [-0.39, 0.29) is 11.8 Å². The number of nitrogens with one attached hydrogen (secondary N) is 1. The van der Waals surface area contributed by atoms with Gasteiger partial charge in [0.1, 0.15) is 41.8 Å². The first-order valence-electron chi connectivity index (χ1n) is 14.9. The van der Waals surface area contributed by atoms with Crippen molar-refractivity contribution in [3.05, 3.63) is 69.8 Å². The van der Waals surface area contributed by atoms with Crippen LogP contribution in [-0.4, -0.2) is 75.9 Å². The monoisotopic (exact) mass is 612 g/mol. The van der Waals surface area contributed by atoms with Gasteiger partial charge in [-0.1, -0.05) is 44.2 Å². The fraction of sp³-hybridized carbons (Fsp3) is 0.529. The van der Waals surface area contributed by atoms with E-state index in [0.29, 0.717) is 17.7 Å². The van der Waals surface area contributed by atoms with Crippen molar-refractivity contribution in [1.29, 1.82) is 0 Å². The molecule has 0 aliphatic carbocycles. The molecule has 1 fully saturated rings. The summed E-state index contributed by atoms with van der Waals surface area (Å²) in [6, 6.07) is 9.85. The molecule has 5 atom stereocenters. The normalized spacial score (nSPS) is 22.8. The summed E-state index contributed by atoms with van der Waals surface area (Å²) < 4.78 is 11.5. The molecule has 242 valence electrons. The molecule has 2 aromatic rings. The van der Waals surface area contributed by atoms with E-state index < -0.39 is 54.0 Å². The van der Waals surface area contributed by atoms with Crippen LogP contribution in [0.15, 0.2) is 36.4 Å². The lowest BCUT2D eigenvalue weighted by Gasteiger charge is -2.40. The first-order chi connectivity index (χ1) is 20.4. The number of ether oxygens (including phenoxy) is 2. The molecule has 0 saturated carbocycles. The van der Waals surface area contributed by atoms with Crippen LogP contribution in [0.3, 0.4) is 0 Å². The van der Waals surface area contributed by atoms with Crippen LogP contribution in [0.1, 0.15) is 86.9 Å². The first kappa shape index (κ1) is 35.2. The average Bonchev–Trinajstić information content (AvgIpc) is 2.95. The Morgan fingerprint density at radius 2 is 1.70 bits per heavy atom. The number of primary amides is 1. The molecule has 1 aliphatic heterocycles. The van der Waals surface area contributed by atoms with Crippen LogP contribution in [0.25, 0.3) is 6.08 Å². The summed E-state index contributed by atoms with van der Waals surface area (Å²) in [4.78, 5) is 24.5. The molecule has 1 aliphatic rings. The summed E-state index contributed by atoms with van der Waals surface area (Å²) in [6.07, 6.45) is -2.22. The third-order valence-electron chi connectivity index (χ3n) is 8.38. The van der Waals surface area contributed by atoms with E-state index in [4.69, 9.17) is 15.2 Å². The van der Waals surface area contributed by atoms with Crippen molar-refractivity contribution >= 4 is 17.9 Å². The molecule has 7 N–H and O–H groups in total. The van der Waals surface area contributed by atoms with Gasteiger partial charge in [-0.3, -0.25) is 9.59 Å². The van der Waals surface area contributed by atoms with Gasteiger partial charge in [0, 0.05) is 5.56 Å². The zero-order valence-electron chi connectivity index (χ0n) is 26.9. The van der Waals surface area contributed by atoms with E-state index in [0.717, 1.165) is 27.8 Å². The minimum absolute atomic E-state index is 0.151. The molecule has 0 aromatic heterocycles. The van der Waals surface area contributed by atoms with Crippen LogP contribution in [0.2, 0.25) is 0 Å². The van der Waals surface area contributed by atoms with Gasteiger partial charge in [-0.2, -0.15) is 0 Å². The summed E-state index contributed by atoms with van der Waals surface area (Å²) in [6.45, 7) is 12.3.